The number of benzene rings is 2. The van der Waals surface area contributed by atoms with Crippen LogP contribution in [0, 0.1) is 5.82 Å². The summed E-state index contributed by atoms with van der Waals surface area (Å²) < 4.78 is 23.8. The smallest absolute Gasteiger partial charge is 0.161 e. The summed E-state index contributed by atoms with van der Waals surface area (Å²) in [6.45, 7) is 3.26. The van der Waals surface area contributed by atoms with E-state index in [2.05, 4.69) is 5.32 Å². The minimum absolute atomic E-state index is 0.145. The van der Waals surface area contributed by atoms with Gasteiger partial charge in [-0.15, -0.1) is 0 Å². The van der Waals surface area contributed by atoms with Crippen molar-refractivity contribution in [2.24, 2.45) is 0 Å². The van der Waals surface area contributed by atoms with Gasteiger partial charge in [-0.05, 0) is 36.8 Å². The van der Waals surface area contributed by atoms with Crippen molar-refractivity contribution in [3.8, 4) is 11.5 Å². The van der Waals surface area contributed by atoms with Gasteiger partial charge in [0.25, 0.3) is 0 Å². The fourth-order valence-electron chi connectivity index (χ4n) is 2.04. The van der Waals surface area contributed by atoms with Crippen LogP contribution in [0.2, 0.25) is 0 Å². The van der Waals surface area contributed by atoms with Crippen LogP contribution in [0.4, 0.5) is 4.39 Å². The molecule has 0 aliphatic rings. The quantitative estimate of drug-likeness (QED) is 0.791. The first-order valence-corrected chi connectivity index (χ1v) is 6.95. The summed E-state index contributed by atoms with van der Waals surface area (Å²) in [7, 11) is 1.62. The van der Waals surface area contributed by atoms with Gasteiger partial charge in [0.2, 0.25) is 0 Å². The number of methoxy groups -OCH3 is 1. The van der Waals surface area contributed by atoms with Crippen molar-refractivity contribution in [3.63, 3.8) is 0 Å². The first kappa shape index (κ1) is 15.3. The van der Waals surface area contributed by atoms with Gasteiger partial charge in [-0.25, -0.2) is 4.39 Å². The molecule has 0 radical (unpaired) electrons. The van der Waals surface area contributed by atoms with E-state index in [4.69, 9.17) is 9.47 Å². The van der Waals surface area contributed by atoms with E-state index in [9.17, 15) is 4.39 Å². The molecular weight excluding hydrogens is 269 g/mol. The third-order valence-corrected chi connectivity index (χ3v) is 3.25. The number of nitrogens with one attached hydrogen (secondary N) is 1. The number of hydrogen-bond acceptors (Lipinski definition) is 3. The molecular formula is C17H20FNO2. The molecule has 1 unspecified atom stereocenters. The zero-order valence-corrected chi connectivity index (χ0v) is 12.3. The second kappa shape index (κ2) is 7.64. The SMILES string of the molecule is COc1ccccc1OCCNC(C)c1ccc(F)cc1. The van der Waals surface area contributed by atoms with E-state index in [1.165, 1.54) is 12.1 Å². The van der Waals surface area contributed by atoms with Crippen molar-refractivity contribution in [2.75, 3.05) is 20.3 Å². The minimum atomic E-state index is -0.217. The highest BCUT2D eigenvalue weighted by atomic mass is 19.1. The Morgan fingerprint density at radius 1 is 1.05 bits per heavy atom. The van der Waals surface area contributed by atoms with Crippen molar-refractivity contribution in [2.45, 2.75) is 13.0 Å². The van der Waals surface area contributed by atoms with Crippen LogP contribution in [-0.2, 0) is 0 Å². The van der Waals surface area contributed by atoms with Crippen LogP contribution in [0.5, 0.6) is 11.5 Å². The Balaban J connectivity index is 1.78. The molecule has 112 valence electrons. The van der Waals surface area contributed by atoms with Crippen molar-refractivity contribution in [1.29, 1.82) is 0 Å². The molecule has 0 aliphatic heterocycles. The summed E-state index contributed by atoms with van der Waals surface area (Å²) in [6.07, 6.45) is 0. The maximum atomic E-state index is 12.9. The number of hydrogen-bond donors (Lipinski definition) is 1. The fourth-order valence-corrected chi connectivity index (χ4v) is 2.04. The predicted molar refractivity (Wildman–Crippen MR) is 81.3 cm³/mol. The van der Waals surface area contributed by atoms with Gasteiger partial charge in [0.15, 0.2) is 11.5 Å². The van der Waals surface area contributed by atoms with Crippen LogP contribution in [0.3, 0.4) is 0 Å². The van der Waals surface area contributed by atoms with Gasteiger partial charge in [0.05, 0.1) is 7.11 Å². The Labute approximate surface area is 124 Å². The molecule has 4 heteroatoms. The van der Waals surface area contributed by atoms with Crippen molar-refractivity contribution in [1.82, 2.24) is 5.32 Å². The van der Waals surface area contributed by atoms with Gasteiger partial charge < -0.3 is 14.8 Å². The molecule has 2 aromatic rings. The van der Waals surface area contributed by atoms with Gasteiger partial charge in [-0.3, -0.25) is 0 Å². The Bertz CT molecular complexity index is 557. The Morgan fingerprint density at radius 2 is 1.71 bits per heavy atom. The molecule has 21 heavy (non-hydrogen) atoms. The van der Waals surface area contributed by atoms with E-state index >= 15 is 0 Å². The molecule has 1 atom stereocenters. The van der Waals surface area contributed by atoms with Gasteiger partial charge in [0, 0.05) is 12.6 Å². The molecule has 3 nitrogen and oxygen atoms in total. The number of ether oxygens (including phenoxy) is 2. The maximum absolute atomic E-state index is 12.9. The van der Waals surface area contributed by atoms with E-state index in [0.29, 0.717) is 13.2 Å². The summed E-state index contributed by atoms with van der Waals surface area (Å²) in [5.41, 5.74) is 1.05. The summed E-state index contributed by atoms with van der Waals surface area (Å²) in [5, 5.41) is 3.34. The minimum Gasteiger partial charge on any atom is -0.493 e. The molecule has 0 spiro atoms. The zero-order valence-electron chi connectivity index (χ0n) is 12.3. The zero-order chi connectivity index (χ0) is 15.1. The first-order valence-electron chi connectivity index (χ1n) is 6.95. The summed E-state index contributed by atoms with van der Waals surface area (Å²) in [4.78, 5) is 0. The highest BCUT2D eigenvalue weighted by Gasteiger charge is 2.05. The van der Waals surface area contributed by atoms with E-state index in [1.807, 2.05) is 31.2 Å². The van der Waals surface area contributed by atoms with Gasteiger partial charge in [-0.2, -0.15) is 0 Å². The summed E-state index contributed by atoms with van der Waals surface area (Å²) in [6, 6.07) is 14.2. The lowest BCUT2D eigenvalue weighted by molar-refractivity contribution is 0.288. The van der Waals surface area contributed by atoms with Crippen molar-refractivity contribution >= 4 is 0 Å². The molecule has 1 N–H and O–H groups in total. The van der Waals surface area contributed by atoms with Crippen LogP contribution in [-0.4, -0.2) is 20.3 Å². The lowest BCUT2D eigenvalue weighted by atomic mass is 10.1. The Morgan fingerprint density at radius 3 is 2.38 bits per heavy atom. The molecule has 0 fully saturated rings. The highest BCUT2D eigenvalue weighted by molar-refractivity contribution is 5.39. The normalized spacial score (nSPS) is 12.0. The second-order valence-corrected chi connectivity index (χ2v) is 4.73. The summed E-state index contributed by atoms with van der Waals surface area (Å²) in [5.74, 6) is 1.24. The molecule has 2 rings (SSSR count). The van der Waals surface area contributed by atoms with Crippen molar-refractivity contribution in [3.05, 3.63) is 59.9 Å². The molecule has 0 saturated carbocycles. The molecule has 0 heterocycles. The van der Waals surface area contributed by atoms with Gasteiger partial charge in [0.1, 0.15) is 12.4 Å². The summed E-state index contributed by atoms with van der Waals surface area (Å²) >= 11 is 0. The number of para-hydroxylation sites is 2. The molecule has 2 aromatic carbocycles. The van der Waals surface area contributed by atoms with E-state index in [-0.39, 0.29) is 11.9 Å². The Kier molecular flexibility index (Phi) is 5.58. The van der Waals surface area contributed by atoms with Crippen LogP contribution >= 0.6 is 0 Å². The van der Waals surface area contributed by atoms with E-state index in [0.717, 1.165) is 17.1 Å². The fraction of sp³-hybridized carbons (Fsp3) is 0.294. The third kappa shape index (κ3) is 4.46. The number of halogens is 1. The van der Waals surface area contributed by atoms with Crippen molar-refractivity contribution < 1.29 is 13.9 Å². The van der Waals surface area contributed by atoms with Crippen LogP contribution < -0.4 is 14.8 Å². The molecule has 0 aliphatic carbocycles. The van der Waals surface area contributed by atoms with E-state index in [1.54, 1.807) is 19.2 Å². The molecule has 0 bridgehead atoms. The monoisotopic (exact) mass is 289 g/mol. The first-order chi connectivity index (χ1) is 10.2. The van der Waals surface area contributed by atoms with Crippen LogP contribution in [0.1, 0.15) is 18.5 Å². The maximum Gasteiger partial charge on any atom is 0.161 e. The molecule has 0 amide bonds. The largest absolute Gasteiger partial charge is 0.493 e. The molecule has 0 saturated heterocycles. The Hall–Kier alpha value is -2.07. The number of rotatable bonds is 7. The topological polar surface area (TPSA) is 30.5 Å². The van der Waals surface area contributed by atoms with Gasteiger partial charge >= 0.3 is 0 Å². The van der Waals surface area contributed by atoms with Crippen LogP contribution in [0.25, 0.3) is 0 Å². The van der Waals surface area contributed by atoms with E-state index < -0.39 is 0 Å². The lowest BCUT2D eigenvalue weighted by Crippen LogP contribution is -2.24. The van der Waals surface area contributed by atoms with Crippen LogP contribution in [0.15, 0.2) is 48.5 Å². The second-order valence-electron chi connectivity index (χ2n) is 4.73. The van der Waals surface area contributed by atoms with Gasteiger partial charge in [-0.1, -0.05) is 24.3 Å². The standard InChI is InChI=1S/C17H20FNO2/c1-13(14-7-9-15(18)10-8-14)19-11-12-21-17-6-4-3-5-16(17)20-2/h3-10,13,19H,11-12H2,1-2H3. The average Bonchev–Trinajstić information content (AvgIpc) is 2.52. The third-order valence-electron chi connectivity index (χ3n) is 3.25. The highest BCUT2D eigenvalue weighted by Crippen LogP contribution is 2.25. The molecule has 0 aromatic heterocycles. The lowest BCUT2D eigenvalue weighted by Gasteiger charge is -2.15. The average molecular weight is 289 g/mol. The predicted octanol–water partition coefficient (Wildman–Crippen LogP) is 3.56.